The fourth-order valence-corrected chi connectivity index (χ4v) is 2.65. The van der Waals surface area contributed by atoms with Crippen LogP contribution in [-0.4, -0.2) is 0 Å². The summed E-state index contributed by atoms with van der Waals surface area (Å²) in [6, 6.07) is 18.8. The monoisotopic (exact) mass is 212 g/mol. The zero-order chi connectivity index (χ0) is 10.1. The van der Waals surface area contributed by atoms with E-state index in [-0.39, 0.29) is 0 Å². The van der Waals surface area contributed by atoms with E-state index in [1.165, 1.54) is 21.5 Å². The van der Waals surface area contributed by atoms with Gasteiger partial charge in [0.1, 0.15) is 0 Å². The van der Waals surface area contributed by atoms with Crippen LogP contribution >= 0.6 is 11.8 Å². The summed E-state index contributed by atoms with van der Waals surface area (Å²) in [4.78, 5) is 1.30. The number of hydrogen-bond donors (Lipinski definition) is 1. The number of fused-ring (bicyclic) bond motifs is 1. The molecule has 1 radical (unpaired) electrons. The standard InChI is InChI=1S/C13H10NS/c1-2-6-10(7-3-1)13-14-11-8-4-5-9-12(11)15-13/h1-9,14H. The molecule has 3 rings (SSSR count). The third kappa shape index (κ3) is 1.61. The van der Waals surface area contributed by atoms with Crippen LogP contribution in [0.1, 0.15) is 5.56 Å². The number of anilines is 1. The molecule has 0 saturated heterocycles. The fraction of sp³-hybridized carbons (Fsp3) is 0. The van der Waals surface area contributed by atoms with Gasteiger partial charge in [0.25, 0.3) is 0 Å². The molecule has 0 amide bonds. The van der Waals surface area contributed by atoms with Crippen molar-refractivity contribution >= 4 is 17.4 Å². The maximum Gasteiger partial charge on any atom is 0.151 e. The van der Waals surface area contributed by atoms with Gasteiger partial charge in [0.2, 0.25) is 0 Å². The van der Waals surface area contributed by atoms with Crippen molar-refractivity contribution in [1.82, 2.24) is 0 Å². The van der Waals surface area contributed by atoms with Gasteiger partial charge < -0.3 is 5.32 Å². The number of thioether (sulfide) groups is 1. The molecule has 0 saturated carbocycles. The lowest BCUT2D eigenvalue weighted by Gasteiger charge is -2.08. The smallest absolute Gasteiger partial charge is 0.151 e. The van der Waals surface area contributed by atoms with E-state index in [4.69, 9.17) is 0 Å². The predicted molar refractivity (Wildman–Crippen MR) is 64.7 cm³/mol. The summed E-state index contributed by atoms with van der Waals surface area (Å²) in [6.45, 7) is 0. The Morgan fingerprint density at radius 3 is 2.33 bits per heavy atom. The lowest BCUT2D eigenvalue weighted by Crippen LogP contribution is -2.01. The molecule has 2 heteroatoms. The summed E-state index contributed by atoms with van der Waals surface area (Å²) < 4.78 is 0. The van der Waals surface area contributed by atoms with Crippen molar-refractivity contribution in [2.24, 2.45) is 0 Å². The Kier molecular flexibility index (Phi) is 2.14. The van der Waals surface area contributed by atoms with Crippen LogP contribution < -0.4 is 5.32 Å². The Labute approximate surface area is 93.5 Å². The molecular formula is C13H10NS. The average molecular weight is 212 g/mol. The number of para-hydroxylation sites is 1. The van der Waals surface area contributed by atoms with E-state index in [9.17, 15) is 0 Å². The van der Waals surface area contributed by atoms with Crippen molar-refractivity contribution in [3.63, 3.8) is 0 Å². The molecule has 1 aliphatic heterocycles. The second kappa shape index (κ2) is 3.63. The van der Waals surface area contributed by atoms with Crippen molar-refractivity contribution in [2.45, 2.75) is 4.90 Å². The first-order valence-electron chi connectivity index (χ1n) is 4.90. The topological polar surface area (TPSA) is 12.0 Å². The molecule has 15 heavy (non-hydrogen) atoms. The lowest BCUT2D eigenvalue weighted by atomic mass is 10.2. The van der Waals surface area contributed by atoms with Crippen LogP contribution in [0.4, 0.5) is 5.69 Å². The molecular weight excluding hydrogens is 202 g/mol. The van der Waals surface area contributed by atoms with Crippen LogP contribution in [0.5, 0.6) is 0 Å². The minimum Gasteiger partial charge on any atom is -0.363 e. The number of hydrogen-bond acceptors (Lipinski definition) is 2. The van der Waals surface area contributed by atoms with E-state index in [1.54, 1.807) is 11.8 Å². The first kappa shape index (κ1) is 8.86. The van der Waals surface area contributed by atoms with E-state index in [0.29, 0.717) is 0 Å². The molecule has 0 aliphatic carbocycles. The maximum atomic E-state index is 3.43. The highest BCUT2D eigenvalue weighted by Gasteiger charge is 2.22. The van der Waals surface area contributed by atoms with Gasteiger partial charge in [-0.05, 0) is 17.7 Å². The Bertz CT molecular complexity index is 442. The van der Waals surface area contributed by atoms with Crippen LogP contribution in [0.2, 0.25) is 0 Å². The molecule has 0 bridgehead atoms. The first-order valence-corrected chi connectivity index (χ1v) is 5.71. The summed E-state index contributed by atoms with van der Waals surface area (Å²) in [6.07, 6.45) is 0. The quantitative estimate of drug-likeness (QED) is 0.772. The van der Waals surface area contributed by atoms with Crippen LogP contribution in [0, 0.1) is 5.37 Å². The lowest BCUT2D eigenvalue weighted by molar-refractivity contribution is 1.36. The summed E-state index contributed by atoms with van der Waals surface area (Å²) in [5.41, 5.74) is 2.46. The molecule has 2 aromatic carbocycles. The van der Waals surface area contributed by atoms with Gasteiger partial charge in [-0.1, -0.05) is 54.2 Å². The minimum absolute atomic E-state index is 1.21. The highest BCUT2D eigenvalue weighted by Crippen LogP contribution is 2.45. The van der Waals surface area contributed by atoms with Crippen molar-refractivity contribution in [1.29, 1.82) is 0 Å². The molecule has 1 heterocycles. The van der Waals surface area contributed by atoms with Crippen LogP contribution in [-0.2, 0) is 0 Å². The Balaban J connectivity index is 1.91. The molecule has 2 aromatic rings. The zero-order valence-corrected chi connectivity index (χ0v) is 8.92. The maximum absolute atomic E-state index is 3.43. The normalized spacial score (nSPS) is 14.7. The number of rotatable bonds is 1. The number of benzene rings is 2. The highest BCUT2D eigenvalue weighted by atomic mass is 32.2. The van der Waals surface area contributed by atoms with E-state index in [0.717, 1.165) is 0 Å². The summed E-state index contributed by atoms with van der Waals surface area (Å²) in [7, 11) is 0. The summed E-state index contributed by atoms with van der Waals surface area (Å²) in [5, 5.41) is 4.65. The van der Waals surface area contributed by atoms with Gasteiger partial charge in [0, 0.05) is 10.6 Å². The largest absolute Gasteiger partial charge is 0.363 e. The third-order valence-corrected chi connectivity index (χ3v) is 3.50. The van der Waals surface area contributed by atoms with Gasteiger partial charge in [0.05, 0.1) is 0 Å². The molecule has 1 nitrogen and oxygen atoms in total. The van der Waals surface area contributed by atoms with Gasteiger partial charge in [-0.2, -0.15) is 0 Å². The van der Waals surface area contributed by atoms with Gasteiger partial charge >= 0.3 is 0 Å². The summed E-state index contributed by atoms with van der Waals surface area (Å²) >= 11 is 1.79. The Morgan fingerprint density at radius 1 is 0.800 bits per heavy atom. The average Bonchev–Trinajstić information content (AvgIpc) is 2.74. The number of nitrogens with one attached hydrogen (secondary N) is 1. The van der Waals surface area contributed by atoms with Crippen molar-refractivity contribution < 1.29 is 0 Å². The molecule has 0 fully saturated rings. The minimum atomic E-state index is 1.21. The van der Waals surface area contributed by atoms with E-state index < -0.39 is 0 Å². The van der Waals surface area contributed by atoms with Gasteiger partial charge in [-0.25, -0.2) is 0 Å². The highest BCUT2D eigenvalue weighted by molar-refractivity contribution is 8.03. The second-order valence-corrected chi connectivity index (χ2v) is 4.47. The zero-order valence-electron chi connectivity index (χ0n) is 8.10. The van der Waals surface area contributed by atoms with Crippen molar-refractivity contribution in [3.05, 3.63) is 65.5 Å². The van der Waals surface area contributed by atoms with Crippen molar-refractivity contribution in [2.75, 3.05) is 5.32 Å². The van der Waals surface area contributed by atoms with Crippen molar-refractivity contribution in [3.8, 4) is 0 Å². The SMILES string of the molecule is c1ccc([C]2Nc3ccccc3S2)cc1. The first-order chi connectivity index (χ1) is 7.43. The molecule has 73 valence electrons. The molecule has 1 N–H and O–H groups in total. The van der Waals surface area contributed by atoms with Gasteiger partial charge in [0.15, 0.2) is 5.37 Å². The van der Waals surface area contributed by atoms with Crippen LogP contribution in [0.25, 0.3) is 0 Å². The fourth-order valence-electron chi connectivity index (χ4n) is 1.64. The van der Waals surface area contributed by atoms with E-state index in [2.05, 4.69) is 53.8 Å². The van der Waals surface area contributed by atoms with E-state index >= 15 is 0 Å². The van der Waals surface area contributed by atoms with Gasteiger partial charge in [-0.15, -0.1) is 0 Å². The molecule has 0 aromatic heterocycles. The molecule has 0 atom stereocenters. The molecule has 0 unspecified atom stereocenters. The third-order valence-electron chi connectivity index (χ3n) is 2.38. The molecule has 1 aliphatic rings. The van der Waals surface area contributed by atoms with Crippen LogP contribution in [0.15, 0.2) is 59.5 Å². The Hall–Kier alpha value is -1.41. The van der Waals surface area contributed by atoms with E-state index in [1.807, 2.05) is 6.07 Å². The molecule has 0 spiro atoms. The summed E-state index contributed by atoms with van der Waals surface area (Å²) in [5.74, 6) is 0. The second-order valence-electron chi connectivity index (χ2n) is 3.42. The van der Waals surface area contributed by atoms with Crippen LogP contribution in [0.3, 0.4) is 0 Å². The van der Waals surface area contributed by atoms with Gasteiger partial charge in [-0.3, -0.25) is 0 Å². The Morgan fingerprint density at radius 2 is 1.53 bits per heavy atom. The predicted octanol–water partition coefficient (Wildman–Crippen LogP) is 3.74.